The van der Waals surface area contributed by atoms with Gasteiger partial charge in [0.2, 0.25) is 0 Å². The number of nitriles is 1. The Labute approximate surface area is 165 Å². The van der Waals surface area contributed by atoms with Gasteiger partial charge in [0.05, 0.1) is 18.2 Å². The van der Waals surface area contributed by atoms with Gasteiger partial charge in [-0.3, -0.25) is 4.90 Å². The number of rotatable bonds is 6. The van der Waals surface area contributed by atoms with Crippen molar-refractivity contribution < 1.29 is 14.3 Å². The van der Waals surface area contributed by atoms with E-state index in [0.29, 0.717) is 17.9 Å². The Hall–Kier alpha value is -3.52. The number of allylic oxidation sites excluding steroid dienone is 2. The number of amides is 1. The number of carbonyl (C=O) groups is 1. The number of hydrogen-bond donors (Lipinski definition) is 0. The second kappa shape index (κ2) is 9.43. The maximum Gasteiger partial charge on any atom is 0.420 e. The molecule has 5 heteroatoms. The number of carbonyl (C=O) groups excluding carboxylic acids is 1. The highest BCUT2D eigenvalue weighted by Gasteiger charge is 2.26. The van der Waals surface area contributed by atoms with Crippen molar-refractivity contribution in [2.75, 3.05) is 6.61 Å². The van der Waals surface area contributed by atoms with Crippen molar-refractivity contribution in [1.29, 1.82) is 5.26 Å². The van der Waals surface area contributed by atoms with E-state index in [9.17, 15) is 10.1 Å². The maximum absolute atomic E-state index is 12.7. The minimum absolute atomic E-state index is 0.363. The molecule has 0 fully saturated rings. The van der Waals surface area contributed by atoms with Crippen LogP contribution >= 0.6 is 0 Å². The van der Waals surface area contributed by atoms with E-state index < -0.39 is 6.09 Å². The van der Waals surface area contributed by atoms with Crippen LogP contribution in [0.1, 0.15) is 31.4 Å². The molecule has 1 heterocycles. The smallest absolute Gasteiger partial charge is 0.420 e. The molecule has 1 unspecified atom stereocenters. The zero-order valence-electron chi connectivity index (χ0n) is 15.7. The Morgan fingerprint density at radius 3 is 2.54 bits per heavy atom. The first kappa shape index (κ1) is 19.2. The molecule has 142 valence electrons. The van der Waals surface area contributed by atoms with Crippen LogP contribution in [0.5, 0.6) is 11.5 Å². The Kier molecular flexibility index (Phi) is 6.48. The molecular weight excluding hydrogens is 352 g/mol. The number of unbranched alkanes of at least 4 members (excludes halogenated alkanes) is 1. The van der Waals surface area contributed by atoms with E-state index in [1.54, 1.807) is 30.3 Å². The van der Waals surface area contributed by atoms with Gasteiger partial charge in [-0.2, -0.15) is 5.26 Å². The van der Waals surface area contributed by atoms with Crippen LogP contribution in [-0.2, 0) is 0 Å². The molecule has 28 heavy (non-hydrogen) atoms. The standard InChI is InChI=1S/C23H22N2O3/c1-2-3-15-27-20-12-10-19(11-13-20)22-14-9-18(16-24)17-25(22)23(26)28-21-7-5-4-6-8-21/h4-14,17,22H,2-3,15H2,1H3. The first-order valence-corrected chi connectivity index (χ1v) is 9.29. The molecule has 1 aliphatic rings. The number of hydrogen-bond acceptors (Lipinski definition) is 4. The lowest BCUT2D eigenvalue weighted by atomic mass is 10.0. The molecule has 3 rings (SSSR count). The molecule has 1 amide bonds. The normalized spacial score (nSPS) is 15.5. The Morgan fingerprint density at radius 2 is 1.86 bits per heavy atom. The van der Waals surface area contributed by atoms with Crippen LogP contribution in [0, 0.1) is 11.3 Å². The molecule has 0 radical (unpaired) electrons. The van der Waals surface area contributed by atoms with Crippen molar-refractivity contribution in [1.82, 2.24) is 4.90 Å². The summed E-state index contributed by atoms with van der Waals surface area (Å²) in [6, 6.07) is 18.2. The van der Waals surface area contributed by atoms with Gasteiger partial charge in [0.15, 0.2) is 0 Å². The molecule has 0 aromatic heterocycles. The fourth-order valence-electron chi connectivity index (χ4n) is 2.80. The molecule has 1 aliphatic heterocycles. The van der Waals surface area contributed by atoms with Crippen molar-refractivity contribution >= 4 is 6.09 Å². The summed E-state index contributed by atoms with van der Waals surface area (Å²) in [6.45, 7) is 2.80. The lowest BCUT2D eigenvalue weighted by Crippen LogP contribution is -2.33. The second-order valence-electron chi connectivity index (χ2n) is 6.36. The molecule has 0 bridgehead atoms. The largest absolute Gasteiger partial charge is 0.494 e. The Bertz CT molecular complexity index is 896. The number of benzene rings is 2. The topological polar surface area (TPSA) is 62.6 Å². The summed E-state index contributed by atoms with van der Waals surface area (Å²) in [4.78, 5) is 14.2. The van der Waals surface area contributed by atoms with Gasteiger partial charge in [-0.1, -0.05) is 49.8 Å². The average molecular weight is 374 g/mol. The van der Waals surface area contributed by atoms with Gasteiger partial charge in [0.25, 0.3) is 0 Å². The SMILES string of the molecule is CCCCOc1ccc(C2C=CC(C#N)=CN2C(=O)Oc2ccccc2)cc1. The fraction of sp³-hybridized carbons (Fsp3) is 0.217. The van der Waals surface area contributed by atoms with E-state index in [1.165, 1.54) is 11.1 Å². The summed E-state index contributed by atoms with van der Waals surface area (Å²) < 4.78 is 11.2. The van der Waals surface area contributed by atoms with E-state index in [-0.39, 0.29) is 6.04 Å². The minimum Gasteiger partial charge on any atom is -0.494 e. The summed E-state index contributed by atoms with van der Waals surface area (Å²) in [6.07, 6.45) is 6.59. The number of ether oxygens (including phenoxy) is 2. The van der Waals surface area contributed by atoms with Gasteiger partial charge in [-0.15, -0.1) is 0 Å². The predicted molar refractivity (Wildman–Crippen MR) is 107 cm³/mol. The molecule has 2 aromatic rings. The zero-order chi connectivity index (χ0) is 19.8. The molecule has 0 saturated heterocycles. The predicted octanol–water partition coefficient (Wildman–Crippen LogP) is 5.38. The van der Waals surface area contributed by atoms with Crippen LogP contribution in [0.25, 0.3) is 0 Å². The fourth-order valence-corrected chi connectivity index (χ4v) is 2.80. The van der Waals surface area contributed by atoms with E-state index >= 15 is 0 Å². The molecule has 0 saturated carbocycles. The third-order valence-electron chi connectivity index (χ3n) is 4.31. The summed E-state index contributed by atoms with van der Waals surface area (Å²) in [5.41, 5.74) is 1.29. The minimum atomic E-state index is -0.545. The summed E-state index contributed by atoms with van der Waals surface area (Å²) in [7, 11) is 0. The van der Waals surface area contributed by atoms with Gasteiger partial charge in [0, 0.05) is 6.20 Å². The summed E-state index contributed by atoms with van der Waals surface area (Å²) in [5.74, 6) is 1.25. The van der Waals surface area contributed by atoms with Crippen LogP contribution in [0.4, 0.5) is 4.79 Å². The number of nitrogens with zero attached hydrogens (tertiary/aromatic N) is 2. The van der Waals surface area contributed by atoms with Gasteiger partial charge in [-0.25, -0.2) is 4.79 Å². The highest BCUT2D eigenvalue weighted by Crippen LogP contribution is 2.30. The second-order valence-corrected chi connectivity index (χ2v) is 6.36. The quantitative estimate of drug-likeness (QED) is 0.637. The monoisotopic (exact) mass is 374 g/mol. The zero-order valence-corrected chi connectivity index (χ0v) is 15.7. The van der Waals surface area contributed by atoms with Crippen LogP contribution < -0.4 is 9.47 Å². The third kappa shape index (κ3) is 4.80. The summed E-state index contributed by atoms with van der Waals surface area (Å²) in [5, 5.41) is 9.21. The van der Waals surface area contributed by atoms with Gasteiger partial charge in [-0.05, 0) is 42.3 Å². The van der Waals surface area contributed by atoms with E-state index in [0.717, 1.165) is 24.2 Å². The highest BCUT2D eigenvalue weighted by molar-refractivity contribution is 5.74. The maximum atomic E-state index is 12.7. The van der Waals surface area contributed by atoms with Crippen LogP contribution in [-0.4, -0.2) is 17.6 Å². The van der Waals surface area contributed by atoms with E-state index in [1.807, 2.05) is 36.4 Å². The third-order valence-corrected chi connectivity index (χ3v) is 4.31. The van der Waals surface area contributed by atoms with Crippen LogP contribution in [0.2, 0.25) is 0 Å². The van der Waals surface area contributed by atoms with Crippen LogP contribution in [0.15, 0.2) is 78.5 Å². The van der Waals surface area contributed by atoms with Gasteiger partial charge >= 0.3 is 6.09 Å². The molecule has 2 aromatic carbocycles. The average Bonchev–Trinajstić information content (AvgIpc) is 2.75. The highest BCUT2D eigenvalue weighted by atomic mass is 16.6. The molecule has 0 N–H and O–H groups in total. The Balaban J connectivity index is 1.78. The van der Waals surface area contributed by atoms with Crippen LogP contribution in [0.3, 0.4) is 0 Å². The molecule has 1 atom stereocenters. The van der Waals surface area contributed by atoms with Gasteiger partial charge in [0.1, 0.15) is 17.6 Å². The number of para-hydroxylation sites is 1. The Morgan fingerprint density at radius 1 is 1.11 bits per heavy atom. The first-order chi connectivity index (χ1) is 13.7. The van der Waals surface area contributed by atoms with Crippen molar-refractivity contribution in [3.63, 3.8) is 0 Å². The molecular formula is C23H22N2O3. The molecule has 0 spiro atoms. The van der Waals surface area contributed by atoms with E-state index in [2.05, 4.69) is 13.0 Å². The summed E-state index contributed by atoms with van der Waals surface area (Å²) >= 11 is 0. The van der Waals surface area contributed by atoms with E-state index in [4.69, 9.17) is 9.47 Å². The molecule has 0 aliphatic carbocycles. The lowest BCUT2D eigenvalue weighted by molar-refractivity contribution is 0.161. The lowest BCUT2D eigenvalue weighted by Gasteiger charge is -2.28. The van der Waals surface area contributed by atoms with Crippen molar-refractivity contribution in [2.45, 2.75) is 25.8 Å². The first-order valence-electron chi connectivity index (χ1n) is 9.29. The van der Waals surface area contributed by atoms with Crippen molar-refractivity contribution in [2.24, 2.45) is 0 Å². The molecule has 5 nitrogen and oxygen atoms in total. The van der Waals surface area contributed by atoms with Gasteiger partial charge < -0.3 is 9.47 Å². The van der Waals surface area contributed by atoms with Crippen molar-refractivity contribution in [3.8, 4) is 17.6 Å². The van der Waals surface area contributed by atoms with Crippen molar-refractivity contribution in [3.05, 3.63) is 84.1 Å².